The van der Waals surface area contributed by atoms with Crippen molar-refractivity contribution in [2.24, 2.45) is 5.73 Å². The summed E-state index contributed by atoms with van der Waals surface area (Å²) in [6, 6.07) is 6.07. The Morgan fingerprint density at radius 2 is 1.95 bits per heavy atom. The van der Waals surface area contributed by atoms with E-state index in [4.69, 9.17) is 5.73 Å². The van der Waals surface area contributed by atoms with Gasteiger partial charge in [-0.15, -0.1) is 0 Å². The lowest BCUT2D eigenvalue weighted by Crippen LogP contribution is -2.23. The van der Waals surface area contributed by atoms with E-state index >= 15 is 0 Å². The van der Waals surface area contributed by atoms with Gasteiger partial charge in [0.1, 0.15) is 0 Å². The van der Waals surface area contributed by atoms with Gasteiger partial charge in [-0.25, -0.2) is 4.79 Å². The van der Waals surface area contributed by atoms with Crippen LogP contribution in [-0.4, -0.2) is 41.5 Å². The molecule has 2 rings (SSSR count). The standard InChI is InChI=1S/C14H22N4O/c1-18(8-3-2-7-15)9-6-11-4-5-12-13(10-11)17-14(19)16-12/h4-5,10H,2-3,6-9,15H2,1H3,(H2,16,17,19). The highest BCUT2D eigenvalue weighted by Gasteiger charge is 2.02. The third-order valence-corrected chi connectivity index (χ3v) is 3.36. The zero-order chi connectivity index (χ0) is 13.7. The molecule has 0 fully saturated rings. The first kappa shape index (κ1) is 13.8. The van der Waals surface area contributed by atoms with Gasteiger partial charge in [0.05, 0.1) is 11.0 Å². The van der Waals surface area contributed by atoms with Crippen molar-refractivity contribution in [2.45, 2.75) is 19.3 Å². The maximum Gasteiger partial charge on any atom is 0.323 e. The molecule has 104 valence electrons. The molecule has 1 aromatic heterocycles. The molecule has 0 bridgehead atoms. The van der Waals surface area contributed by atoms with Gasteiger partial charge in [0, 0.05) is 6.54 Å². The summed E-state index contributed by atoms with van der Waals surface area (Å²) in [5.41, 5.74) is 8.33. The van der Waals surface area contributed by atoms with Crippen LogP contribution in [0.4, 0.5) is 0 Å². The van der Waals surface area contributed by atoms with Crippen LogP contribution in [-0.2, 0) is 6.42 Å². The number of aromatic nitrogens is 2. The van der Waals surface area contributed by atoms with Gasteiger partial charge in [0.25, 0.3) is 0 Å². The van der Waals surface area contributed by atoms with Crippen molar-refractivity contribution in [2.75, 3.05) is 26.7 Å². The zero-order valence-electron chi connectivity index (χ0n) is 11.4. The van der Waals surface area contributed by atoms with Crippen LogP contribution < -0.4 is 11.4 Å². The van der Waals surface area contributed by atoms with Gasteiger partial charge in [-0.1, -0.05) is 6.07 Å². The summed E-state index contributed by atoms with van der Waals surface area (Å²) >= 11 is 0. The van der Waals surface area contributed by atoms with E-state index in [1.807, 2.05) is 12.1 Å². The Labute approximate surface area is 112 Å². The summed E-state index contributed by atoms with van der Waals surface area (Å²) < 4.78 is 0. The van der Waals surface area contributed by atoms with Gasteiger partial charge in [-0.2, -0.15) is 0 Å². The molecule has 0 saturated heterocycles. The highest BCUT2D eigenvalue weighted by atomic mass is 16.1. The molecule has 4 N–H and O–H groups in total. The molecule has 0 aliphatic rings. The fraction of sp³-hybridized carbons (Fsp3) is 0.500. The number of nitrogens with zero attached hydrogens (tertiary/aromatic N) is 1. The zero-order valence-corrected chi connectivity index (χ0v) is 11.4. The molecule has 0 amide bonds. The van der Waals surface area contributed by atoms with Gasteiger partial charge < -0.3 is 20.6 Å². The normalized spacial score (nSPS) is 11.5. The number of H-pyrrole nitrogens is 2. The number of rotatable bonds is 7. The van der Waals surface area contributed by atoms with Gasteiger partial charge in [0.15, 0.2) is 0 Å². The number of benzene rings is 1. The summed E-state index contributed by atoms with van der Waals surface area (Å²) in [5.74, 6) is 0. The number of imidazole rings is 1. The van der Waals surface area contributed by atoms with Gasteiger partial charge in [-0.05, 0) is 57.1 Å². The molecule has 0 saturated carbocycles. The Kier molecular flexibility index (Phi) is 4.76. The molecule has 1 heterocycles. The summed E-state index contributed by atoms with van der Waals surface area (Å²) in [6.45, 7) is 2.87. The van der Waals surface area contributed by atoms with Crippen molar-refractivity contribution in [3.05, 3.63) is 34.2 Å². The van der Waals surface area contributed by atoms with E-state index in [0.717, 1.165) is 49.9 Å². The lowest BCUT2D eigenvalue weighted by atomic mass is 10.1. The maximum absolute atomic E-state index is 11.2. The number of aromatic amines is 2. The SMILES string of the molecule is CN(CCCCN)CCc1ccc2[nH]c(=O)[nH]c2c1. The van der Waals surface area contributed by atoms with Gasteiger partial charge in [0.2, 0.25) is 0 Å². The van der Waals surface area contributed by atoms with Crippen LogP contribution in [0.15, 0.2) is 23.0 Å². The van der Waals surface area contributed by atoms with E-state index in [-0.39, 0.29) is 5.69 Å². The van der Waals surface area contributed by atoms with E-state index in [2.05, 4.69) is 28.0 Å². The lowest BCUT2D eigenvalue weighted by molar-refractivity contribution is 0.331. The Hall–Kier alpha value is -1.59. The third-order valence-electron chi connectivity index (χ3n) is 3.36. The van der Waals surface area contributed by atoms with Crippen molar-refractivity contribution >= 4 is 11.0 Å². The van der Waals surface area contributed by atoms with Crippen LogP contribution in [0, 0.1) is 0 Å². The molecule has 19 heavy (non-hydrogen) atoms. The Bertz CT molecular complexity index is 572. The van der Waals surface area contributed by atoms with Crippen LogP contribution in [0.25, 0.3) is 11.0 Å². The Morgan fingerprint density at radius 1 is 1.16 bits per heavy atom. The molecule has 0 spiro atoms. The number of hydrogen-bond acceptors (Lipinski definition) is 3. The lowest BCUT2D eigenvalue weighted by Gasteiger charge is -2.16. The van der Waals surface area contributed by atoms with Crippen LogP contribution in [0.5, 0.6) is 0 Å². The predicted molar refractivity (Wildman–Crippen MR) is 78.4 cm³/mol. The van der Waals surface area contributed by atoms with Crippen LogP contribution in [0.1, 0.15) is 18.4 Å². The highest BCUT2D eigenvalue weighted by molar-refractivity contribution is 5.74. The molecule has 2 aromatic rings. The van der Waals surface area contributed by atoms with Crippen molar-refractivity contribution in [1.82, 2.24) is 14.9 Å². The fourth-order valence-electron chi connectivity index (χ4n) is 2.19. The van der Waals surface area contributed by atoms with Gasteiger partial charge >= 0.3 is 5.69 Å². The van der Waals surface area contributed by atoms with E-state index in [1.54, 1.807) is 0 Å². The predicted octanol–water partition coefficient (Wildman–Crippen LogP) is 1.07. The quantitative estimate of drug-likeness (QED) is 0.653. The van der Waals surface area contributed by atoms with Crippen LogP contribution >= 0.6 is 0 Å². The summed E-state index contributed by atoms with van der Waals surface area (Å²) in [6.07, 6.45) is 3.22. The van der Waals surface area contributed by atoms with Crippen molar-refractivity contribution in [3.63, 3.8) is 0 Å². The summed E-state index contributed by atoms with van der Waals surface area (Å²) in [4.78, 5) is 19.0. The molecule has 0 aliphatic heterocycles. The maximum atomic E-state index is 11.2. The average Bonchev–Trinajstić information content (AvgIpc) is 2.76. The van der Waals surface area contributed by atoms with Crippen molar-refractivity contribution in [3.8, 4) is 0 Å². The second-order valence-electron chi connectivity index (χ2n) is 5.01. The minimum Gasteiger partial charge on any atom is -0.330 e. The number of nitrogens with one attached hydrogen (secondary N) is 2. The minimum atomic E-state index is -0.147. The van der Waals surface area contributed by atoms with E-state index in [9.17, 15) is 4.79 Å². The van der Waals surface area contributed by atoms with E-state index in [1.165, 1.54) is 5.56 Å². The summed E-state index contributed by atoms with van der Waals surface area (Å²) in [5, 5.41) is 0. The van der Waals surface area contributed by atoms with Crippen molar-refractivity contribution < 1.29 is 0 Å². The Morgan fingerprint density at radius 3 is 2.74 bits per heavy atom. The van der Waals surface area contributed by atoms with E-state index < -0.39 is 0 Å². The first-order valence-electron chi connectivity index (χ1n) is 6.78. The largest absolute Gasteiger partial charge is 0.330 e. The molecule has 0 radical (unpaired) electrons. The molecule has 1 aromatic carbocycles. The monoisotopic (exact) mass is 262 g/mol. The molecule has 0 atom stereocenters. The second kappa shape index (κ2) is 6.54. The first-order valence-corrected chi connectivity index (χ1v) is 6.78. The highest BCUT2D eigenvalue weighted by Crippen LogP contribution is 2.11. The first-order chi connectivity index (χ1) is 9.19. The number of fused-ring (bicyclic) bond motifs is 1. The molecular weight excluding hydrogens is 240 g/mol. The second-order valence-corrected chi connectivity index (χ2v) is 5.01. The smallest absolute Gasteiger partial charge is 0.323 e. The molecule has 0 aliphatic carbocycles. The third kappa shape index (κ3) is 3.94. The molecule has 5 heteroatoms. The number of unbranched alkanes of at least 4 members (excludes halogenated alkanes) is 1. The Balaban J connectivity index is 1.88. The number of likely N-dealkylation sites (N-methyl/N-ethyl adjacent to an activating group) is 1. The average molecular weight is 262 g/mol. The summed E-state index contributed by atoms with van der Waals surface area (Å²) in [7, 11) is 2.13. The van der Waals surface area contributed by atoms with Crippen LogP contribution in [0.3, 0.4) is 0 Å². The fourth-order valence-corrected chi connectivity index (χ4v) is 2.19. The number of nitrogens with two attached hydrogens (primary N) is 1. The van der Waals surface area contributed by atoms with Crippen LogP contribution in [0.2, 0.25) is 0 Å². The molecular formula is C14H22N4O. The topological polar surface area (TPSA) is 77.9 Å². The molecule has 5 nitrogen and oxygen atoms in total. The minimum absolute atomic E-state index is 0.147. The van der Waals surface area contributed by atoms with Gasteiger partial charge in [-0.3, -0.25) is 0 Å². The number of hydrogen-bond donors (Lipinski definition) is 3. The van der Waals surface area contributed by atoms with E-state index in [0.29, 0.717) is 0 Å². The van der Waals surface area contributed by atoms with Crippen molar-refractivity contribution in [1.29, 1.82) is 0 Å². The molecule has 0 unspecified atom stereocenters.